The maximum absolute atomic E-state index is 12.5. The van der Waals surface area contributed by atoms with Crippen LogP contribution in [0.15, 0.2) is 47.6 Å². The molecule has 0 spiro atoms. The van der Waals surface area contributed by atoms with Crippen LogP contribution in [0.5, 0.6) is 0 Å². The predicted octanol–water partition coefficient (Wildman–Crippen LogP) is 4.89. The van der Waals surface area contributed by atoms with Crippen LogP contribution in [0.4, 0.5) is 5.69 Å². The zero-order valence-corrected chi connectivity index (χ0v) is 18.2. The Morgan fingerprint density at radius 3 is 2.38 bits per heavy atom. The van der Waals surface area contributed by atoms with Crippen LogP contribution < -0.4 is 10.0 Å². The first kappa shape index (κ1) is 21.8. The Bertz CT molecular complexity index is 861. The van der Waals surface area contributed by atoms with Gasteiger partial charge < -0.3 is 5.32 Å². The van der Waals surface area contributed by atoms with Gasteiger partial charge in [0, 0.05) is 31.2 Å². The SMILES string of the molecule is CCNS(=O)(=O)c1ccc(CC2CCCCCCC2)c(NCc2ccncc2)c1. The summed E-state index contributed by atoms with van der Waals surface area (Å²) in [5, 5.41) is 3.48. The second kappa shape index (κ2) is 10.7. The molecule has 0 aliphatic heterocycles. The summed E-state index contributed by atoms with van der Waals surface area (Å²) in [6, 6.07) is 9.48. The molecule has 1 aliphatic rings. The Morgan fingerprint density at radius 1 is 1.00 bits per heavy atom. The molecule has 6 heteroatoms. The molecule has 0 bridgehead atoms. The highest BCUT2D eigenvalue weighted by Crippen LogP contribution is 2.30. The van der Waals surface area contributed by atoms with E-state index >= 15 is 0 Å². The molecule has 29 heavy (non-hydrogen) atoms. The lowest BCUT2D eigenvalue weighted by Gasteiger charge is -2.22. The predicted molar refractivity (Wildman–Crippen MR) is 118 cm³/mol. The van der Waals surface area contributed by atoms with Gasteiger partial charge in [0.15, 0.2) is 0 Å². The molecule has 0 amide bonds. The van der Waals surface area contributed by atoms with Crippen molar-refractivity contribution in [2.45, 2.75) is 69.7 Å². The van der Waals surface area contributed by atoms with Crippen molar-refractivity contribution in [3.05, 3.63) is 53.9 Å². The molecule has 5 nitrogen and oxygen atoms in total. The largest absolute Gasteiger partial charge is 0.381 e. The zero-order valence-electron chi connectivity index (χ0n) is 17.4. The lowest BCUT2D eigenvalue weighted by atomic mass is 9.86. The van der Waals surface area contributed by atoms with Gasteiger partial charge in [0.2, 0.25) is 10.0 Å². The molecule has 158 valence electrons. The summed E-state index contributed by atoms with van der Waals surface area (Å²) >= 11 is 0. The summed E-state index contributed by atoms with van der Waals surface area (Å²) in [5.74, 6) is 0.674. The Morgan fingerprint density at radius 2 is 1.69 bits per heavy atom. The summed E-state index contributed by atoms with van der Waals surface area (Å²) in [5.41, 5.74) is 3.25. The third kappa shape index (κ3) is 6.54. The van der Waals surface area contributed by atoms with Crippen LogP contribution in [-0.4, -0.2) is 19.9 Å². The first-order valence-electron chi connectivity index (χ1n) is 10.8. The molecule has 2 aromatic rings. The Labute approximate surface area is 175 Å². The van der Waals surface area contributed by atoms with Crippen LogP contribution in [0.3, 0.4) is 0 Å². The molecule has 1 aromatic carbocycles. The first-order valence-corrected chi connectivity index (χ1v) is 12.3. The van der Waals surface area contributed by atoms with Crippen LogP contribution in [0, 0.1) is 5.92 Å². The van der Waals surface area contributed by atoms with Crippen molar-refractivity contribution in [3.8, 4) is 0 Å². The number of anilines is 1. The van der Waals surface area contributed by atoms with Crippen molar-refractivity contribution in [3.63, 3.8) is 0 Å². The standard InChI is InChI=1S/C23H33N3O2S/c1-2-26-29(27,28)22-11-10-21(16-19-8-6-4-3-5-7-9-19)23(17-22)25-18-20-12-14-24-15-13-20/h10-15,17,19,25-26H,2-9,16,18H2,1H3. The normalized spacial score (nSPS) is 16.2. The van der Waals surface area contributed by atoms with Gasteiger partial charge in [-0.15, -0.1) is 0 Å². The molecule has 0 unspecified atom stereocenters. The third-order valence-corrected chi connectivity index (χ3v) is 7.23. The van der Waals surface area contributed by atoms with Crippen molar-refractivity contribution in [2.24, 2.45) is 5.92 Å². The van der Waals surface area contributed by atoms with E-state index in [4.69, 9.17) is 0 Å². The second-order valence-electron chi connectivity index (χ2n) is 7.94. The van der Waals surface area contributed by atoms with Gasteiger partial charge in [-0.3, -0.25) is 4.98 Å². The third-order valence-electron chi connectivity index (χ3n) is 5.69. The van der Waals surface area contributed by atoms with Gasteiger partial charge in [-0.1, -0.05) is 57.9 Å². The maximum atomic E-state index is 12.5. The Hall–Kier alpha value is -1.92. The van der Waals surface area contributed by atoms with Crippen molar-refractivity contribution in [1.29, 1.82) is 0 Å². The fourth-order valence-electron chi connectivity index (χ4n) is 4.09. The van der Waals surface area contributed by atoms with E-state index in [1.807, 2.05) is 18.2 Å². The van der Waals surface area contributed by atoms with Gasteiger partial charge in [-0.25, -0.2) is 13.1 Å². The molecular weight excluding hydrogens is 382 g/mol. The number of nitrogens with zero attached hydrogens (tertiary/aromatic N) is 1. The van der Waals surface area contributed by atoms with E-state index < -0.39 is 10.0 Å². The van der Waals surface area contributed by atoms with E-state index in [0.717, 1.165) is 17.7 Å². The molecule has 0 saturated heterocycles. The van der Waals surface area contributed by atoms with Gasteiger partial charge in [0.1, 0.15) is 0 Å². The fourth-order valence-corrected chi connectivity index (χ4v) is 5.16. The molecule has 0 atom stereocenters. The van der Waals surface area contributed by atoms with Crippen molar-refractivity contribution in [2.75, 3.05) is 11.9 Å². The summed E-state index contributed by atoms with van der Waals surface area (Å²) in [4.78, 5) is 4.38. The molecule has 1 heterocycles. The number of nitrogens with one attached hydrogen (secondary N) is 2. The maximum Gasteiger partial charge on any atom is 0.240 e. The van der Waals surface area contributed by atoms with E-state index in [1.165, 1.54) is 50.5 Å². The molecule has 3 rings (SSSR count). The lowest BCUT2D eigenvalue weighted by molar-refractivity contribution is 0.377. The summed E-state index contributed by atoms with van der Waals surface area (Å²) in [6.07, 6.45) is 13.7. The van der Waals surface area contributed by atoms with Crippen LogP contribution >= 0.6 is 0 Å². The quantitative estimate of drug-likeness (QED) is 0.644. The molecule has 1 aliphatic carbocycles. The highest BCUT2D eigenvalue weighted by Gasteiger charge is 2.18. The van der Waals surface area contributed by atoms with E-state index in [-0.39, 0.29) is 0 Å². The minimum Gasteiger partial charge on any atom is -0.381 e. The fraction of sp³-hybridized carbons (Fsp3) is 0.522. The van der Waals surface area contributed by atoms with E-state index in [1.54, 1.807) is 31.5 Å². The van der Waals surface area contributed by atoms with Crippen LogP contribution in [0.1, 0.15) is 63.0 Å². The molecule has 1 saturated carbocycles. The molecule has 1 fully saturated rings. The summed E-state index contributed by atoms with van der Waals surface area (Å²) in [7, 11) is -3.48. The van der Waals surface area contributed by atoms with Gasteiger partial charge in [0.05, 0.1) is 4.90 Å². The lowest BCUT2D eigenvalue weighted by Crippen LogP contribution is -2.23. The van der Waals surface area contributed by atoms with Crippen molar-refractivity contribution >= 4 is 15.7 Å². The smallest absolute Gasteiger partial charge is 0.240 e. The molecule has 2 N–H and O–H groups in total. The number of pyridine rings is 1. The monoisotopic (exact) mass is 415 g/mol. The Kier molecular flexibility index (Phi) is 8.07. The number of sulfonamides is 1. The van der Waals surface area contributed by atoms with E-state index in [2.05, 4.69) is 15.0 Å². The van der Waals surface area contributed by atoms with Gasteiger partial charge in [-0.2, -0.15) is 0 Å². The topological polar surface area (TPSA) is 71.1 Å². The molecular formula is C23H33N3O2S. The number of aromatic nitrogens is 1. The van der Waals surface area contributed by atoms with Crippen molar-refractivity contribution < 1.29 is 8.42 Å². The van der Waals surface area contributed by atoms with E-state index in [9.17, 15) is 8.42 Å². The minimum absolute atomic E-state index is 0.318. The van der Waals surface area contributed by atoms with Crippen LogP contribution in [0.25, 0.3) is 0 Å². The number of benzene rings is 1. The first-order chi connectivity index (χ1) is 14.1. The summed E-state index contributed by atoms with van der Waals surface area (Å²) in [6.45, 7) is 2.82. The van der Waals surface area contributed by atoms with Gasteiger partial charge in [0.25, 0.3) is 0 Å². The summed E-state index contributed by atoms with van der Waals surface area (Å²) < 4.78 is 27.6. The zero-order chi connectivity index (χ0) is 20.5. The van der Waals surface area contributed by atoms with Crippen LogP contribution in [0.2, 0.25) is 0 Å². The second-order valence-corrected chi connectivity index (χ2v) is 9.71. The molecule has 1 aromatic heterocycles. The van der Waals surface area contributed by atoms with E-state index in [0.29, 0.717) is 23.9 Å². The van der Waals surface area contributed by atoms with Crippen LogP contribution in [-0.2, 0) is 23.0 Å². The highest BCUT2D eigenvalue weighted by molar-refractivity contribution is 7.89. The Balaban J connectivity index is 1.82. The average molecular weight is 416 g/mol. The van der Waals surface area contributed by atoms with Gasteiger partial charge in [-0.05, 0) is 47.7 Å². The number of hydrogen-bond donors (Lipinski definition) is 2. The van der Waals surface area contributed by atoms with Gasteiger partial charge >= 0.3 is 0 Å². The average Bonchev–Trinajstić information content (AvgIpc) is 2.69. The number of rotatable bonds is 8. The van der Waals surface area contributed by atoms with Crippen molar-refractivity contribution in [1.82, 2.24) is 9.71 Å². The molecule has 0 radical (unpaired) electrons. The highest BCUT2D eigenvalue weighted by atomic mass is 32.2. The minimum atomic E-state index is -3.48. The number of hydrogen-bond acceptors (Lipinski definition) is 4.